The van der Waals surface area contributed by atoms with Crippen LogP contribution in [0, 0.1) is 0 Å². The Hall–Kier alpha value is -1.90. The highest BCUT2D eigenvalue weighted by Crippen LogP contribution is 2.15. The zero-order valence-corrected chi connectivity index (χ0v) is 12.5. The molecular weight excluding hydrogens is 248 g/mol. The first-order chi connectivity index (χ1) is 9.69. The monoisotopic (exact) mass is 270 g/mol. The Morgan fingerprint density at radius 1 is 1.20 bits per heavy atom. The average molecular weight is 270 g/mol. The fourth-order valence-electron chi connectivity index (χ4n) is 2.37. The van der Waals surface area contributed by atoms with E-state index in [2.05, 4.69) is 25.0 Å². The highest BCUT2D eigenvalue weighted by atomic mass is 16.1. The Morgan fingerprint density at radius 3 is 2.65 bits per heavy atom. The number of aryl methyl sites for hydroxylation is 3. The van der Waals surface area contributed by atoms with Crippen molar-refractivity contribution in [1.82, 2.24) is 9.78 Å². The number of aromatic nitrogens is 2. The summed E-state index contributed by atoms with van der Waals surface area (Å²) >= 11 is 0. The highest BCUT2D eigenvalue weighted by Gasteiger charge is 2.16. The molecule has 0 spiro atoms. The molecule has 1 aromatic heterocycles. The lowest BCUT2D eigenvalue weighted by Gasteiger charge is -2.05. The summed E-state index contributed by atoms with van der Waals surface area (Å²) in [5.41, 5.74) is 3.64. The maximum atomic E-state index is 12.7. The Kier molecular flexibility index (Phi) is 4.72. The normalized spacial score (nSPS) is 10.8. The second-order valence-electron chi connectivity index (χ2n) is 4.97. The Morgan fingerprint density at radius 2 is 2.00 bits per heavy atom. The van der Waals surface area contributed by atoms with Crippen LogP contribution >= 0.6 is 0 Å². The van der Waals surface area contributed by atoms with Crippen molar-refractivity contribution >= 4 is 5.78 Å². The molecule has 20 heavy (non-hydrogen) atoms. The molecule has 3 heteroatoms. The summed E-state index contributed by atoms with van der Waals surface area (Å²) in [6, 6.07) is 9.85. The van der Waals surface area contributed by atoms with Crippen molar-refractivity contribution in [2.45, 2.75) is 46.6 Å². The molecule has 3 nitrogen and oxygen atoms in total. The van der Waals surface area contributed by atoms with E-state index in [1.54, 1.807) is 4.68 Å². The largest absolute Gasteiger partial charge is 0.287 e. The fraction of sp³-hybridized carbons (Fsp3) is 0.412. The van der Waals surface area contributed by atoms with Crippen molar-refractivity contribution < 1.29 is 4.79 Å². The number of nitrogens with zero attached hydrogens (tertiary/aromatic N) is 2. The van der Waals surface area contributed by atoms with Gasteiger partial charge in [-0.2, -0.15) is 5.10 Å². The fourth-order valence-corrected chi connectivity index (χ4v) is 2.37. The molecule has 0 fully saturated rings. The Bertz CT molecular complexity index is 599. The number of carbonyl (C=O) groups excluding carboxylic acids is 1. The van der Waals surface area contributed by atoms with Gasteiger partial charge in [0.05, 0.1) is 5.69 Å². The zero-order valence-electron chi connectivity index (χ0n) is 12.5. The van der Waals surface area contributed by atoms with E-state index in [0.29, 0.717) is 5.69 Å². The van der Waals surface area contributed by atoms with Crippen molar-refractivity contribution in [3.8, 4) is 0 Å². The molecule has 0 aliphatic heterocycles. The Labute approximate surface area is 120 Å². The first-order valence-corrected chi connectivity index (χ1v) is 7.39. The number of hydrogen-bond donors (Lipinski definition) is 0. The SMILES string of the molecule is CCCc1cccc(C(=O)c2cc(CC)nn2CC)c1. The predicted molar refractivity (Wildman–Crippen MR) is 81.1 cm³/mol. The van der Waals surface area contributed by atoms with Gasteiger partial charge in [0.2, 0.25) is 5.78 Å². The van der Waals surface area contributed by atoms with Crippen LogP contribution in [0.3, 0.4) is 0 Å². The van der Waals surface area contributed by atoms with E-state index >= 15 is 0 Å². The third-order valence-electron chi connectivity index (χ3n) is 3.45. The summed E-state index contributed by atoms with van der Waals surface area (Å²) in [5, 5.41) is 4.45. The van der Waals surface area contributed by atoms with Crippen LogP contribution in [-0.4, -0.2) is 15.6 Å². The van der Waals surface area contributed by atoms with Gasteiger partial charge in [-0.1, -0.05) is 38.5 Å². The minimum absolute atomic E-state index is 0.0667. The van der Waals surface area contributed by atoms with Crippen molar-refractivity contribution in [1.29, 1.82) is 0 Å². The number of hydrogen-bond acceptors (Lipinski definition) is 2. The number of rotatable bonds is 6. The molecule has 0 atom stereocenters. The van der Waals surface area contributed by atoms with Crippen LogP contribution in [-0.2, 0) is 19.4 Å². The van der Waals surface area contributed by atoms with Gasteiger partial charge < -0.3 is 0 Å². The van der Waals surface area contributed by atoms with Gasteiger partial charge in [0.15, 0.2) is 0 Å². The van der Waals surface area contributed by atoms with E-state index in [0.717, 1.165) is 37.1 Å². The molecule has 0 radical (unpaired) electrons. The van der Waals surface area contributed by atoms with E-state index in [-0.39, 0.29) is 5.78 Å². The third-order valence-corrected chi connectivity index (χ3v) is 3.45. The zero-order chi connectivity index (χ0) is 14.5. The molecule has 1 aromatic carbocycles. The van der Waals surface area contributed by atoms with Gasteiger partial charge in [-0.25, -0.2) is 0 Å². The minimum atomic E-state index is 0.0667. The second kappa shape index (κ2) is 6.51. The molecule has 0 saturated heterocycles. The maximum absolute atomic E-state index is 12.7. The smallest absolute Gasteiger partial charge is 0.211 e. The van der Waals surface area contributed by atoms with Crippen LogP contribution < -0.4 is 0 Å². The molecule has 2 aromatic rings. The van der Waals surface area contributed by atoms with Crippen molar-refractivity contribution in [2.24, 2.45) is 0 Å². The lowest BCUT2D eigenvalue weighted by molar-refractivity contribution is 0.102. The summed E-state index contributed by atoms with van der Waals surface area (Å²) in [7, 11) is 0. The molecule has 0 saturated carbocycles. The molecule has 0 N–H and O–H groups in total. The van der Waals surface area contributed by atoms with Gasteiger partial charge in [-0.15, -0.1) is 0 Å². The highest BCUT2D eigenvalue weighted by molar-refractivity contribution is 6.08. The Balaban J connectivity index is 2.35. The first-order valence-electron chi connectivity index (χ1n) is 7.39. The van der Waals surface area contributed by atoms with E-state index in [1.165, 1.54) is 5.56 Å². The molecule has 0 amide bonds. The van der Waals surface area contributed by atoms with Gasteiger partial charge in [-0.05, 0) is 37.5 Å². The van der Waals surface area contributed by atoms with Gasteiger partial charge >= 0.3 is 0 Å². The average Bonchev–Trinajstić information content (AvgIpc) is 2.90. The summed E-state index contributed by atoms with van der Waals surface area (Å²) in [4.78, 5) is 12.7. The first kappa shape index (κ1) is 14.5. The molecule has 0 unspecified atom stereocenters. The number of benzene rings is 1. The predicted octanol–water partition coefficient (Wildman–Crippen LogP) is 3.65. The van der Waals surface area contributed by atoms with Crippen LogP contribution in [0.5, 0.6) is 0 Å². The molecule has 0 aliphatic rings. The lowest BCUT2D eigenvalue weighted by Crippen LogP contribution is -2.10. The molecule has 1 heterocycles. The van der Waals surface area contributed by atoms with Crippen molar-refractivity contribution in [3.05, 3.63) is 52.8 Å². The van der Waals surface area contributed by atoms with Crippen molar-refractivity contribution in [3.63, 3.8) is 0 Å². The van der Waals surface area contributed by atoms with Gasteiger partial charge in [0, 0.05) is 12.1 Å². The molecule has 2 rings (SSSR count). The van der Waals surface area contributed by atoms with Crippen LogP contribution in [0.25, 0.3) is 0 Å². The van der Waals surface area contributed by atoms with Crippen LogP contribution in [0.15, 0.2) is 30.3 Å². The number of carbonyl (C=O) groups is 1. The lowest BCUT2D eigenvalue weighted by atomic mass is 10.0. The van der Waals surface area contributed by atoms with Crippen LogP contribution in [0.1, 0.15) is 54.5 Å². The minimum Gasteiger partial charge on any atom is -0.287 e. The van der Waals surface area contributed by atoms with Gasteiger partial charge in [0.25, 0.3) is 0 Å². The van der Waals surface area contributed by atoms with Gasteiger partial charge in [-0.3, -0.25) is 9.48 Å². The van der Waals surface area contributed by atoms with E-state index in [1.807, 2.05) is 31.2 Å². The summed E-state index contributed by atoms with van der Waals surface area (Å²) < 4.78 is 1.80. The second-order valence-corrected chi connectivity index (χ2v) is 4.97. The van der Waals surface area contributed by atoms with E-state index < -0.39 is 0 Å². The topological polar surface area (TPSA) is 34.9 Å². The van der Waals surface area contributed by atoms with E-state index in [4.69, 9.17) is 0 Å². The van der Waals surface area contributed by atoms with E-state index in [9.17, 15) is 4.79 Å². The molecular formula is C17H22N2O. The standard InChI is InChI=1S/C17H22N2O/c1-4-8-13-9-7-10-14(11-13)17(20)16-12-15(5-2)18-19(16)6-3/h7,9-12H,4-6,8H2,1-3H3. The van der Waals surface area contributed by atoms with Crippen molar-refractivity contribution in [2.75, 3.05) is 0 Å². The summed E-state index contributed by atoms with van der Waals surface area (Å²) in [6.45, 7) is 6.93. The molecule has 0 bridgehead atoms. The third kappa shape index (κ3) is 2.98. The maximum Gasteiger partial charge on any atom is 0.211 e. The van der Waals surface area contributed by atoms with Gasteiger partial charge in [0.1, 0.15) is 5.69 Å². The number of ketones is 1. The quantitative estimate of drug-likeness (QED) is 0.751. The molecule has 106 valence electrons. The summed E-state index contributed by atoms with van der Waals surface area (Å²) in [6.07, 6.45) is 2.95. The summed E-state index contributed by atoms with van der Waals surface area (Å²) in [5.74, 6) is 0.0667. The van der Waals surface area contributed by atoms with Crippen LogP contribution in [0.4, 0.5) is 0 Å². The van der Waals surface area contributed by atoms with Crippen LogP contribution in [0.2, 0.25) is 0 Å². The molecule has 0 aliphatic carbocycles.